The van der Waals surface area contributed by atoms with Crippen molar-refractivity contribution < 1.29 is 4.74 Å². The molecule has 0 bridgehead atoms. The number of halogens is 2. The fourth-order valence-corrected chi connectivity index (χ4v) is 3.43. The number of methoxy groups -OCH3 is 1. The first-order valence-electron chi connectivity index (χ1n) is 6.15. The van der Waals surface area contributed by atoms with Gasteiger partial charge in [-0.05, 0) is 53.7 Å². The zero-order chi connectivity index (χ0) is 13.1. The summed E-state index contributed by atoms with van der Waals surface area (Å²) in [5.74, 6) is 0.790. The van der Waals surface area contributed by atoms with Crippen molar-refractivity contribution >= 4 is 33.2 Å². The van der Waals surface area contributed by atoms with Crippen LogP contribution in [0.25, 0.3) is 0 Å². The van der Waals surface area contributed by atoms with Gasteiger partial charge in [0, 0.05) is 17.1 Å². The summed E-state index contributed by atoms with van der Waals surface area (Å²) in [7, 11) is 1.66. The number of hydrogen-bond acceptors (Lipinski definition) is 3. The molecule has 1 aliphatic carbocycles. The Morgan fingerprint density at radius 3 is 2.89 bits per heavy atom. The number of hydrogen-bond donors (Lipinski definition) is 2. The minimum absolute atomic E-state index is 0.296. The van der Waals surface area contributed by atoms with Crippen molar-refractivity contribution in [1.29, 1.82) is 0 Å². The van der Waals surface area contributed by atoms with Gasteiger partial charge >= 0.3 is 0 Å². The molecule has 1 aromatic carbocycles. The highest BCUT2D eigenvalue weighted by atomic mass is 79.9. The van der Waals surface area contributed by atoms with Gasteiger partial charge < -0.3 is 15.8 Å². The summed E-state index contributed by atoms with van der Waals surface area (Å²) in [5, 5.41) is 4.18. The molecule has 5 heteroatoms. The maximum Gasteiger partial charge on any atom is 0.156 e. The summed E-state index contributed by atoms with van der Waals surface area (Å²) in [6.07, 6.45) is 4.42. The second-order valence-corrected chi connectivity index (χ2v) is 6.03. The number of ether oxygens (including phenoxy) is 1. The molecule has 1 saturated carbocycles. The molecule has 2 unspecified atom stereocenters. The van der Waals surface area contributed by atoms with Crippen LogP contribution in [-0.4, -0.2) is 19.2 Å². The summed E-state index contributed by atoms with van der Waals surface area (Å²) in [6, 6.07) is 4.42. The second kappa shape index (κ2) is 6.13. The third-order valence-corrected chi connectivity index (χ3v) is 4.09. The summed E-state index contributed by atoms with van der Waals surface area (Å²) in [6.45, 7) is 0. The van der Waals surface area contributed by atoms with E-state index >= 15 is 0 Å². The van der Waals surface area contributed by atoms with Crippen molar-refractivity contribution in [3.63, 3.8) is 0 Å². The second-order valence-electron chi connectivity index (χ2n) is 4.74. The fourth-order valence-electron chi connectivity index (χ4n) is 2.45. The summed E-state index contributed by atoms with van der Waals surface area (Å²) >= 11 is 9.54. The lowest BCUT2D eigenvalue weighted by Gasteiger charge is -2.29. The maximum atomic E-state index is 6.08. The van der Waals surface area contributed by atoms with E-state index in [1.165, 1.54) is 6.42 Å². The van der Waals surface area contributed by atoms with Crippen LogP contribution in [0.4, 0.5) is 5.69 Å². The monoisotopic (exact) mass is 332 g/mol. The van der Waals surface area contributed by atoms with Crippen LogP contribution < -0.4 is 15.8 Å². The van der Waals surface area contributed by atoms with E-state index < -0.39 is 0 Å². The van der Waals surface area contributed by atoms with E-state index in [0.29, 0.717) is 17.1 Å². The Morgan fingerprint density at radius 1 is 1.44 bits per heavy atom. The van der Waals surface area contributed by atoms with Crippen molar-refractivity contribution in [2.45, 2.75) is 37.8 Å². The Balaban J connectivity index is 2.17. The fraction of sp³-hybridized carbons (Fsp3) is 0.538. The van der Waals surface area contributed by atoms with E-state index in [2.05, 4.69) is 21.2 Å². The van der Waals surface area contributed by atoms with E-state index in [9.17, 15) is 0 Å². The Kier molecular flexibility index (Phi) is 4.76. The third kappa shape index (κ3) is 3.31. The van der Waals surface area contributed by atoms with Gasteiger partial charge in [-0.3, -0.25) is 0 Å². The molecule has 0 heterocycles. The normalized spacial score (nSPS) is 23.8. The molecule has 1 aromatic rings. The average Bonchev–Trinajstić information content (AvgIpc) is 2.28. The predicted molar refractivity (Wildman–Crippen MR) is 79.6 cm³/mol. The first-order chi connectivity index (χ1) is 8.60. The standard InChI is InChI=1S/C13H18BrClN2O/c1-18-13-11(14)5-8(15)6-12(13)17-10-4-2-3-9(16)7-10/h5-6,9-10,17H,2-4,7,16H2,1H3. The van der Waals surface area contributed by atoms with E-state index in [1.807, 2.05) is 12.1 Å². The van der Waals surface area contributed by atoms with Crippen molar-refractivity contribution in [3.8, 4) is 5.75 Å². The van der Waals surface area contributed by atoms with Crippen LogP contribution >= 0.6 is 27.5 Å². The zero-order valence-corrected chi connectivity index (χ0v) is 12.7. The first kappa shape index (κ1) is 14.0. The molecule has 3 N–H and O–H groups in total. The molecule has 0 spiro atoms. The summed E-state index contributed by atoms with van der Waals surface area (Å²) in [5.41, 5.74) is 6.93. The average molecular weight is 334 g/mol. The van der Waals surface area contributed by atoms with Gasteiger partial charge in [-0.1, -0.05) is 11.6 Å². The molecule has 0 saturated heterocycles. The Bertz CT molecular complexity index is 428. The highest BCUT2D eigenvalue weighted by Crippen LogP contribution is 2.37. The van der Waals surface area contributed by atoms with Crippen LogP contribution in [-0.2, 0) is 0 Å². The molecule has 1 fully saturated rings. The Labute approximate surface area is 121 Å². The van der Waals surface area contributed by atoms with Crippen LogP contribution in [0, 0.1) is 0 Å². The quantitative estimate of drug-likeness (QED) is 0.884. The lowest BCUT2D eigenvalue weighted by molar-refractivity contribution is 0.399. The molecule has 1 aliphatic rings. The summed E-state index contributed by atoms with van der Waals surface area (Å²) in [4.78, 5) is 0. The predicted octanol–water partition coefficient (Wildman–Crippen LogP) is 3.79. The van der Waals surface area contributed by atoms with Gasteiger partial charge in [-0.15, -0.1) is 0 Å². The molecular weight excluding hydrogens is 316 g/mol. The molecule has 100 valence electrons. The van der Waals surface area contributed by atoms with E-state index in [-0.39, 0.29) is 0 Å². The number of nitrogens with one attached hydrogen (secondary N) is 1. The number of benzene rings is 1. The van der Waals surface area contributed by atoms with Gasteiger partial charge in [0.25, 0.3) is 0 Å². The highest BCUT2D eigenvalue weighted by molar-refractivity contribution is 9.10. The molecule has 0 aliphatic heterocycles. The van der Waals surface area contributed by atoms with Crippen LogP contribution in [0.3, 0.4) is 0 Å². The van der Waals surface area contributed by atoms with Crippen molar-refractivity contribution in [1.82, 2.24) is 0 Å². The minimum Gasteiger partial charge on any atom is -0.493 e. The summed E-state index contributed by atoms with van der Waals surface area (Å²) < 4.78 is 6.26. The molecule has 18 heavy (non-hydrogen) atoms. The van der Waals surface area contributed by atoms with Crippen molar-refractivity contribution in [2.24, 2.45) is 5.73 Å². The number of rotatable bonds is 3. The molecule has 2 rings (SSSR count). The number of nitrogens with two attached hydrogens (primary N) is 1. The lowest BCUT2D eigenvalue weighted by atomic mass is 9.91. The van der Waals surface area contributed by atoms with Gasteiger partial charge in [0.15, 0.2) is 5.75 Å². The van der Waals surface area contributed by atoms with E-state index in [1.54, 1.807) is 7.11 Å². The van der Waals surface area contributed by atoms with Gasteiger partial charge in [0.2, 0.25) is 0 Å². The van der Waals surface area contributed by atoms with Gasteiger partial charge in [0.05, 0.1) is 17.3 Å². The van der Waals surface area contributed by atoms with E-state index in [4.69, 9.17) is 22.1 Å². The molecular formula is C13H18BrClN2O. The third-order valence-electron chi connectivity index (χ3n) is 3.29. The SMILES string of the molecule is COc1c(Br)cc(Cl)cc1NC1CCCC(N)C1. The zero-order valence-electron chi connectivity index (χ0n) is 10.4. The Morgan fingerprint density at radius 2 is 2.22 bits per heavy atom. The Hall–Kier alpha value is -0.450. The maximum absolute atomic E-state index is 6.08. The largest absolute Gasteiger partial charge is 0.493 e. The highest BCUT2D eigenvalue weighted by Gasteiger charge is 2.20. The molecule has 2 atom stereocenters. The molecule has 0 aromatic heterocycles. The smallest absolute Gasteiger partial charge is 0.156 e. The van der Waals surface area contributed by atoms with Crippen molar-refractivity contribution in [3.05, 3.63) is 21.6 Å². The van der Waals surface area contributed by atoms with Crippen LogP contribution in [0.15, 0.2) is 16.6 Å². The van der Waals surface area contributed by atoms with Crippen LogP contribution in [0.2, 0.25) is 5.02 Å². The minimum atomic E-state index is 0.296. The van der Waals surface area contributed by atoms with E-state index in [0.717, 1.165) is 35.2 Å². The van der Waals surface area contributed by atoms with Crippen LogP contribution in [0.1, 0.15) is 25.7 Å². The van der Waals surface area contributed by atoms with Crippen molar-refractivity contribution in [2.75, 3.05) is 12.4 Å². The van der Waals surface area contributed by atoms with Gasteiger partial charge in [-0.25, -0.2) is 0 Å². The number of anilines is 1. The topological polar surface area (TPSA) is 47.3 Å². The molecule has 3 nitrogen and oxygen atoms in total. The molecule has 0 amide bonds. The van der Waals surface area contributed by atoms with Gasteiger partial charge in [0.1, 0.15) is 0 Å². The first-order valence-corrected chi connectivity index (χ1v) is 7.32. The molecule has 0 radical (unpaired) electrons. The lowest BCUT2D eigenvalue weighted by Crippen LogP contribution is -2.34. The van der Waals surface area contributed by atoms with Crippen LogP contribution in [0.5, 0.6) is 5.75 Å². The van der Waals surface area contributed by atoms with Gasteiger partial charge in [-0.2, -0.15) is 0 Å².